The summed E-state index contributed by atoms with van der Waals surface area (Å²) in [5, 5.41) is 3.85. The summed E-state index contributed by atoms with van der Waals surface area (Å²) in [5.74, 6) is 0.0360. The maximum Gasteiger partial charge on any atom is 0.317 e. The summed E-state index contributed by atoms with van der Waals surface area (Å²) in [6.45, 7) is 8.05. The van der Waals surface area contributed by atoms with Gasteiger partial charge in [-0.05, 0) is 26.8 Å². The lowest BCUT2D eigenvalue weighted by Crippen LogP contribution is -2.54. The molecule has 1 saturated heterocycles. The van der Waals surface area contributed by atoms with Gasteiger partial charge in [-0.3, -0.25) is 4.79 Å². The number of carbonyl (C=O) groups excluding carboxylic acids is 2. The maximum absolute atomic E-state index is 12.9. The van der Waals surface area contributed by atoms with E-state index in [1.807, 2.05) is 49.9 Å². The van der Waals surface area contributed by atoms with Crippen LogP contribution in [0.15, 0.2) is 24.3 Å². The number of amides is 3. The fourth-order valence-electron chi connectivity index (χ4n) is 3.16. The zero-order valence-corrected chi connectivity index (χ0v) is 14.4. The number of fused-ring (bicyclic) bond motifs is 1. The highest BCUT2D eigenvalue weighted by atomic mass is 16.2. The molecule has 1 aliphatic rings. The number of para-hydroxylation sites is 1. The van der Waals surface area contributed by atoms with Crippen LogP contribution in [-0.4, -0.2) is 58.9 Å². The van der Waals surface area contributed by atoms with Crippen LogP contribution in [0.2, 0.25) is 0 Å². The van der Waals surface area contributed by atoms with Crippen LogP contribution in [0.1, 0.15) is 29.9 Å². The Labute approximate surface area is 141 Å². The monoisotopic (exact) mass is 328 g/mol. The molecule has 6 nitrogen and oxygen atoms in total. The van der Waals surface area contributed by atoms with E-state index in [-0.39, 0.29) is 18.0 Å². The fraction of sp³-hybridized carbons (Fsp3) is 0.444. The lowest BCUT2D eigenvalue weighted by molar-refractivity contribution is 0.0665. The highest BCUT2D eigenvalue weighted by Gasteiger charge is 2.27. The van der Waals surface area contributed by atoms with Crippen LogP contribution in [0.5, 0.6) is 0 Å². The van der Waals surface area contributed by atoms with Gasteiger partial charge < -0.3 is 20.1 Å². The zero-order valence-electron chi connectivity index (χ0n) is 14.4. The normalized spacial score (nSPS) is 15.2. The highest BCUT2D eigenvalue weighted by Crippen LogP contribution is 2.23. The standard InChI is InChI=1S/C18H24N4O2/c1-12(2)19-18(24)22-10-8-21(9-11-22)17(23)16-13(3)20-15-7-5-4-6-14(15)16/h4-7,12,20H,8-11H2,1-3H3,(H,19,24). The van der Waals surface area contributed by atoms with E-state index in [1.54, 1.807) is 4.90 Å². The number of benzene rings is 1. The topological polar surface area (TPSA) is 68.4 Å². The molecule has 0 bridgehead atoms. The Morgan fingerprint density at radius 3 is 2.38 bits per heavy atom. The summed E-state index contributed by atoms with van der Waals surface area (Å²) in [7, 11) is 0. The minimum atomic E-state index is -0.0552. The minimum absolute atomic E-state index is 0.0360. The number of nitrogens with one attached hydrogen (secondary N) is 2. The molecule has 1 aromatic carbocycles. The van der Waals surface area contributed by atoms with E-state index in [2.05, 4.69) is 10.3 Å². The van der Waals surface area contributed by atoms with Gasteiger partial charge in [0, 0.05) is 48.8 Å². The van der Waals surface area contributed by atoms with Crippen molar-refractivity contribution >= 4 is 22.8 Å². The third kappa shape index (κ3) is 3.09. The largest absolute Gasteiger partial charge is 0.358 e. The van der Waals surface area contributed by atoms with Gasteiger partial charge in [0.2, 0.25) is 0 Å². The van der Waals surface area contributed by atoms with Crippen molar-refractivity contribution in [3.8, 4) is 0 Å². The van der Waals surface area contributed by atoms with E-state index in [1.165, 1.54) is 0 Å². The number of piperazine rings is 1. The fourth-order valence-corrected chi connectivity index (χ4v) is 3.16. The average Bonchev–Trinajstić information content (AvgIpc) is 2.89. The van der Waals surface area contributed by atoms with Crippen LogP contribution < -0.4 is 5.32 Å². The highest BCUT2D eigenvalue weighted by molar-refractivity contribution is 6.08. The van der Waals surface area contributed by atoms with Crippen molar-refractivity contribution < 1.29 is 9.59 Å². The molecule has 0 aliphatic carbocycles. The van der Waals surface area contributed by atoms with Gasteiger partial charge in [-0.2, -0.15) is 0 Å². The molecule has 24 heavy (non-hydrogen) atoms. The van der Waals surface area contributed by atoms with Gasteiger partial charge in [0.25, 0.3) is 5.91 Å². The third-order valence-corrected chi connectivity index (χ3v) is 4.37. The first-order valence-electron chi connectivity index (χ1n) is 8.39. The molecule has 0 radical (unpaired) electrons. The van der Waals surface area contributed by atoms with Crippen LogP contribution in [-0.2, 0) is 0 Å². The van der Waals surface area contributed by atoms with Crippen molar-refractivity contribution in [3.63, 3.8) is 0 Å². The number of rotatable bonds is 2. The molecule has 1 aromatic heterocycles. The number of hydrogen-bond donors (Lipinski definition) is 2. The molecule has 0 unspecified atom stereocenters. The zero-order chi connectivity index (χ0) is 17.3. The van der Waals surface area contributed by atoms with Gasteiger partial charge in [0.1, 0.15) is 0 Å². The Balaban J connectivity index is 1.71. The van der Waals surface area contributed by atoms with Gasteiger partial charge in [0.15, 0.2) is 0 Å². The first-order chi connectivity index (χ1) is 11.5. The van der Waals surface area contributed by atoms with Crippen molar-refractivity contribution in [2.45, 2.75) is 26.8 Å². The molecule has 2 heterocycles. The van der Waals surface area contributed by atoms with Crippen LogP contribution >= 0.6 is 0 Å². The van der Waals surface area contributed by atoms with Crippen LogP contribution in [0.25, 0.3) is 10.9 Å². The molecule has 2 aromatic rings. The van der Waals surface area contributed by atoms with Crippen LogP contribution in [0, 0.1) is 6.92 Å². The molecule has 6 heteroatoms. The average molecular weight is 328 g/mol. The van der Waals surface area contributed by atoms with Crippen molar-refractivity contribution in [2.75, 3.05) is 26.2 Å². The van der Waals surface area contributed by atoms with E-state index >= 15 is 0 Å². The Bertz CT molecular complexity index is 757. The van der Waals surface area contributed by atoms with Gasteiger partial charge in [-0.25, -0.2) is 4.79 Å². The molecule has 1 aliphatic heterocycles. The van der Waals surface area contributed by atoms with E-state index in [0.29, 0.717) is 26.2 Å². The first-order valence-corrected chi connectivity index (χ1v) is 8.39. The van der Waals surface area contributed by atoms with Crippen LogP contribution in [0.3, 0.4) is 0 Å². The predicted octanol–water partition coefficient (Wildman–Crippen LogP) is 2.35. The molecule has 0 atom stereocenters. The summed E-state index contributed by atoms with van der Waals surface area (Å²) in [4.78, 5) is 31.9. The smallest absolute Gasteiger partial charge is 0.317 e. The number of aryl methyl sites for hydroxylation is 1. The Morgan fingerprint density at radius 2 is 1.71 bits per heavy atom. The molecule has 0 spiro atoms. The van der Waals surface area contributed by atoms with Crippen molar-refractivity contribution in [1.29, 1.82) is 0 Å². The second kappa shape index (κ2) is 6.55. The van der Waals surface area contributed by atoms with Gasteiger partial charge in [0.05, 0.1) is 5.56 Å². The second-order valence-corrected chi connectivity index (χ2v) is 6.55. The lowest BCUT2D eigenvalue weighted by atomic mass is 10.1. The van der Waals surface area contributed by atoms with Crippen molar-refractivity contribution in [3.05, 3.63) is 35.5 Å². The molecular formula is C18H24N4O2. The molecule has 3 amide bonds. The Kier molecular flexibility index (Phi) is 4.46. The summed E-state index contributed by atoms with van der Waals surface area (Å²) in [6, 6.07) is 7.91. The van der Waals surface area contributed by atoms with Crippen molar-refractivity contribution in [2.24, 2.45) is 0 Å². The molecule has 0 saturated carbocycles. The first kappa shape index (κ1) is 16.4. The van der Waals surface area contributed by atoms with Crippen molar-refractivity contribution in [1.82, 2.24) is 20.1 Å². The minimum Gasteiger partial charge on any atom is -0.358 e. The Hall–Kier alpha value is -2.50. The van der Waals surface area contributed by atoms with Gasteiger partial charge in [-0.1, -0.05) is 18.2 Å². The summed E-state index contributed by atoms with van der Waals surface area (Å²) < 4.78 is 0. The number of urea groups is 1. The molecular weight excluding hydrogens is 304 g/mol. The van der Waals surface area contributed by atoms with E-state index in [4.69, 9.17) is 0 Å². The summed E-state index contributed by atoms with van der Waals surface area (Å²) >= 11 is 0. The number of nitrogens with zero attached hydrogens (tertiary/aromatic N) is 2. The predicted molar refractivity (Wildman–Crippen MR) is 94.2 cm³/mol. The molecule has 128 valence electrons. The number of aromatic nitrogens is 1. The van der Waals surface area contributed by atoms with E-state index in [9.17, 15) is 9.59 Å². The number of carbonyl (C=O) groups is 2. The number of aromatic amines is 1. The molecule has 2 N–H and O–H groups in total. The number of H-pyrrole nitrogens is 1. The second-order valence-electron chi connectivity index (χ2n) is 6.55. The quantitative estimate of drug-likeness (QED) is 0.888. The molecule has 1 fully saturated rings. The SMILES string of the molecule is Cc1[nH]c2ccccc2c1C(=O)N1CCN(C(=O)NC(C)C)CC1. The number of hydrogen-bond acceptors (Lipinski definition) is 2. The maximum atomic E-state index is 12.9. The van der Waals surface area contributed by atoms with Gasteiger partial charge >= 0.3 is 6.03 Å². The Morgan fingerprint density at radius 1 is 1.08 bits per heavy atom. The van der Waals surface area contributed by atoms with E-state index < -0.39 is 0 Å². The van der Waals surface area contributed by atoms with E-state index in [0.717, 1.165) is 22.2 Å². The van der Waals surface area contributed by atoms with Gasteiger partial charge in [-0.15, -0.1) is 0 Å². The molecule has 3 rings (SSSR count). The lowest BCUT2D eigenvalue weighted by Gasteiger charge is -2.35. The third-order valence-electron chi connectivity index (χ3n) is 4.37. The summed E-state index contributed by atoms with van der Waals surface area (Å²) in [6.07, 6.45) is 0. The summed E-state index contributed by atoms with van der Waals surface area (Å²) in [5.41, 5.74) is 2.61. The van der Waals surface area contributed by atoms with Crippen LogP contribution in [0.4, 0.5) is 4.79 Å².